The molecule has 2 heterocycles. The van der Waals surface area contributed by atoms with Crippen LogP contribution in [0.3, 0.4) is 0 Å². The van der Waals surface area contributed by atoms with Crippen molar-refractivity contribution in [2.24, 2.45) is 7.05 Å². The van der Waals surface area contributed by atoms with Crippen molar-refractivity contribution in [2.75, 3.05) is 0 Å². The molecule has 12 heteroatoms. The molecule has 1 N–H and O–H groups in total. The molecule has 172 valence electrons. The van der Waals surface area contributed by atoms with Gasteiger partial charge in [-0.1, -0.05) is 23.6 Å². The van der Waals surface area contributed by atoms with Crippen LogP contribution in [0.25, 0.3) is 16.9 Å². The second kappa shape index (κ2) is 7.88. The van der Waals surface area contributed by atoms with Gasteiger partial charge in [0, 0.05) is 24.8 Å². The normalized spacial score (nSPS) is 14.2. The van der Waals surface area contributed by atoms with E-state index in [4.69, 9.17) is 18.0 Å². The fourth-order valence-corrected chi connectivity index (χ4v) is 3.43. The third-order valence-electron chi connectivity index (χ3n) is 5.07. The Morgan fingerprint density at radius 2 is 1.94 bits per heavy atom. The number of rotatable bonds is 5. The van der Waals surface area contributed by atoms with Crippen LogP contribution < -0.4 is 5.32 Å². The smallest absolute Gasteiger partial charge is 0.349 e. The summed E-state index contributed by atoms with van der Waals surface area (Å²) in [6, 6.07) is 4.80. The number of hydrogen-bond donors (Lipinski definition) is 1. The second-order valence-electron chi connectivity index (χ2n) is 7.50. The largest absolute Gasteiger partial charge is 0.459 e. The number of aromatic nitrogens is 4. The minimum Gasteiger partial charge on any atom is -0.349 e. The van der Waals surface area contributed by atoms with Crippen LogP contribution in [0, 0.1) is 12.3 Å². The molecule has 1 aliphatic carbocycles. The fraction of sp³-hybridized carbons (Fsp3) is 0.286. The Bertz CT molecular complexity index is 1280. The highest BCUT2D eigenvalue weighted by Gasteiger charge is 2.62. The van der Waals surface area contributed by atoms with Crippen molar-refractivity contribution in [2.45, 2.75) is 31.0 Å². The Balaban J connectivity index is 1.73. The maximum absolute atomic E-state index is 14.0. The number of alkyl halides is 5. The van der Waals surface area contributed by atoms with E-state index in [-0.39, 0.29) is 28.4 Å². The van der Waals surface area contributed by atoms with Gasteiger partial charge in [0.1, 0.15) is 0 Å². The maximum Gasteiger partial charge on any atom is 0.459 e. The Morgan fingerprint density at radius 3 is 2.55 bits per heavy atom. The SMILES string of the molecule is C#Cc1c(C(F)(F)C(F)(F)F)nn(C)c1-n1cc(-c2ccc(Cl)c(C(=O)NC3CC3)c2)cn1. The molecule has 0 bridgehead atoms. The van der Waals surface area contributed by atoms with Crippen molar-refractivity contribution in [3.05, 3.63) is 52.4 Å². The van der Waals surface area contributed by atoms with Gasteiger partial charge in [0.05, 0.1) is 22.3 Å². The molecule has 1 amide bonds. The van der Waals surface area contributed by atoms with E-state index in [0.717, 1.165) is 22.2 Å². The number of halogens is 6. The number of carbonyl (C=O) groups excluding carboxylic acids is 1. The number of nitrogens with one attached hydrogen (secondary N) is 1. The lowest BCUT2D eigenvalue weighted by Crippen LogP contribution is -2.34. The molecule has 2 aromatic heterocycles. The maximum atomic E-state index is 14.0. The summed E-state index contributed by atoms with van der Waals surface area (Å²) in [5.74, 6) is -3.96. The molecule has 0 saturated heterocycles. The van der Waals surface area contributed by atoms with Gasteiger partial charge in [-0.05, 0) is 30.5 Å². The van der Waals surface area contributed by atoms with Crippen LogP contribution in [0.5, 0.6) is 0 Å². The van der Waals surface area contributed by atoms with Gasteiger partial charge < -0.3 is 5.32 Å². The first kappa shape index (κ1) is 22.8. The molecule has 4 rings (SSSR count). The molecule has 1 fully saturated rings. The van der Waals surface area contributed by atoms with Crippen LogP contribution in [-0.2, 0) is 13.0 Å². The highest BCUT2D eigenvalue weighted by atomic mass is 35.5. The topological polar surface area (TPSA) is 64.7 Å². The van der Waals surface area contributed by atoms with Crippen LogP contribution in [0.2, 0.25) is 5.02 Å². The molecule has 33 heavy (non-hydrogen) atoms. The third kappa shape index (κ3) is 4.06. The Kier molecular flexibility index (Phi) is 5.44. The molecule has 0 aliphatic heterocycles. The van der Waals surface area contributed by atoms with E-state index in [1.807, 2.05) is 5.92 Å². The predicted molar refractivity (Wildman–Crippen MR) is 109 cm³/mol. The van der Waals surface area contributed by atoms with E-state index in [1.165, 1.54) is 31.6 Å². The van der Waals surface area contributed by atoms with E-state index in [2.05, 4.69) is 15.5 Å². The first-order valence-corrected chi connectivity index (χ1v) is 9.96. The monoisotopic (exact) mass is 483 g/mol. The van der Waals surface area contributed by atoms with E-state index in [1.54, 1.807) is 6.07 Å². The third-order valence-corrected chi connectivity index (χ3v) is 5.40. The highest BCUT2D eigenvalue weighted by molar-refractivity contribution is 6.34. The van der Waals surface area contributed by atoms with Gasteiger partial charge in [-0.25, -0.2) is 9.36 Å². The number of carbonyl (C=O) groups is 1. The number of benzene rings is 1. The molecule has 0 atom stereocenters. The van der Waals surface area contributed by atoms with E-state index < -0.39 is 23.4 Å². The number of terminal acetylenes is 1. The number of amides is 1. The van der Waals surface area contributed by atoms with Crippen LogP contribution in [-0.4, -0.2) is 37.7 Å². The number of hydrogen-bond acceptors (Lipinski definition) is 3. The van der Waals surface area contributed by atoms with Crippen molar-refractivity contribution < 1.29 is 26.7 Å². The molecular formula is C21H15ClF5N5O. The van der Waals surface area contributed by atoms with Crippen LogP contribution in [0.1, 0.15) is 34.5 Å². The van der Waals surface area contributed by atoms with Gasteiger partial charge in [-0.2, -0.15) is 32.1 Å². The van der Waals surface area contributed by atoms with Crippen molar-refractivity contribution in [1.29, 1.82) is 0 Å². The molecule has 1 aliphatic rings. The Morgan fingerprint density at radius 1 is 1.24 bits per heavy atom. The summed E-state index contributed by atoms with van der Waals surface area (Å²) >= 11 is 6.15. The quantitative estimate of drug-likeness (QED) is 0.431. The first-order valence-electron chi connectivity index (χ1n) is 9.58. The summed E-state index contributed by atoms with van der Waals surface area (Å²) in [7, 11) is 1.18. The van der Waals surface area contributed by atoms with Crippen molar-refractivity contribution >= 4 is 17.5 Å². The Labute approximate surface area is 189 Å². The molecule has 1 aromatic carbocycles. The summed E-state index contributed by atoms with van der Waals surface area (Å²) in [4.78, 5) is 12.4. The summed E-state index contributed by atoms with van der Waals surface area (Å²) < 4.78 is 68.4. The number of nitrogens with zero attached hydrogens (tertiary/aromatic N) is 4. The minimum atomic E-state index is -5.87. The molecular weight excluding hydrogens is 469 g/mol. The molecule has 6 nitrogen and oxygen atoms in total. The average Bonchev–Trinajstić information content (AvgIpc) is 3.29. The Hall–Kier alpha value is -3.39. The van der Waals surface area contributed by atoms with E-state index >= 15 is 0 Å². The molecule has 0 radical (unpaired) electrons. The zero-order chi connectivity index (χ0) is 24.1. The molecule has 3 aromatic rings. The summed E-state index contributed by atoms with van der Waals surface area (Å²) in [6.45, 7) is 0. The predicted octanol–water partition coefficient (Wildman–Crippen LogP) is 4.45. The van der Waals surface area contributed by atoms with Crippen molar-refractivity contribution in [3.63, 3.8) is 0 Å². The van der Waals surface area contributed by atoms with Gasteiger partial charge in [0.2, 0.25) is 0 Å². The van der Waals surface area contributed by atoms with Gasteiger partial charge in [0.15, 0.2) is 11.5 Å². The number of aryl methyl sites for hydroxylation is 1. The molecule has 0 spiro atoms. The fourth-order valence-electron chi connectivity index (χ4n) is 3.22. The molecule has 0 unspecified atom stereocenters. The van der Waals surface area contributed by atoms with Gasteiger partial charge >= 0.3 is 12.1 Å². The lowest BCUT2D eigenvalue weighted by molar-refractivity contribution is -0.291. The minimum absolute atomic E-state index is 0.121. The highest BCUT2D eigenvalue weighted by Crippen LogP contribution is 2.45. The summed E-state index contributed by atoms with van der Waals surface area (Å²) in [6.07, 6.45) is 3.91. The zero-order valence-corrected chi connectivity index (χ0v) is 17.7. The van der Waals surface area contributed by atoms with Crippen LogP contribution >= 0.6 is 11.6 Å². The van der Waals surface area contributed by atoms with E-state index in [0.29, 0.717) is 11.1 Å². The van der Waals surface area contributed by atoms with Crippen LogP contribution in [0.4, 0.5) is 22.0 Å². The van der Waals surface area contributed by atoms with E-state index in [9.17, 15) is 26.7 Å². The van der Waals surface area contributed by atoms with Gasteiger partial charge in [-0.3, -0.25) is 4.79 Å². The van der Waals surface area contributed by atoms with Gasteiger partial charge in [-0.15, -0.1) is 6.42 Å². The lowest BCUT2D eigenvalue weighted by Gasteiger charge is -2.17. The second-order valence-corrected chi connectivity index (χ2v) is 7.91. The standard InChI is InChI=1S/C21H15ClF5N5O/c1-3-14-17(20(23,24)21(25,26)27)30-31(2)19(14)32-10-12(9-28-32)11-4-7-16(22)15(8-11)18(33)29-13-5-6-13/h1,4,7-10,13H,5-6H2,2H3,(H,29,33). The van der Waals surface area contributed by atoms with Crippen LogP contribution in [0.15, 0.2) is 30.6 Å². The van der Waals surface area contributed by atoms with Crippen molar-refractivity contribution in [1.82, 2.24) is 24.9 Å². The molecule has 1 saturated carbocycles. The first-order chi connectivity index (χ1) is 15.4. The summed E-state index contributed by atoms with van der Waals surface area (Å²) in [5.41, 5.74) is -1.12. The average molecular weight is 484 g/mol. The summed E-state index contributed by atoms with van der Waals surface area (Å²) in [5, 5.41) is 10.5. The van der Waals surface area contributed by atoms with Crippen molar-refractivity contribution in [3.8, 4) is 29.3 Å². The van der Waals surface area contributed by atoms with Gasteiger partial charge in [0.25, 0.3) is 5.91 Å². The zero-order valence-electron chi connectivity index (χ0n) is 16.9. The lowest BCUT2D eigenvalue weighted by atomic mass is 10.1.